The summed E-state index contributed by atoms with van der Waals surface area (Å²) in [5.41, 5.74) is 1.37. The molecule has 4 N–H and O–H groups in total. The van der Waals surface area contributed by atoms with Crippen LogP contribution < -0.4 is 10.6 Å². The number of hydrogen-bond acceptors (Lipinski definition) is 14. The van der Waals surface area contributed by atoms with Crippen LogP contribution in [0.3, 0.4) is 0 Å². The van der Waals surface area contributed by atoms with Gasteiger partial charge in [-0.1, -0.05) is 36.4 Å². The second-order valence-corrected chi connectivity index (χ2v) is 22.4. The van der Waals surface area contributed by atoms with E-state index in [9.17, 15) is 29.4 Å². The van der Waals surface area contributed by atoms with Gasteiger partial charge in [0.05, 0.1) is 24.0 Å². The van der Waals surface area contributed by atoms with Gasteiger partial charge in [-0.2, -0.15) is 0 Å². The molecule has 2 spiro atoms. The molecule has 12 nitrogen and oxygen atoms in total. The topological polar surface area (TPSA) is 146 Å². The Labute approximate surface area is 298 Å². The molecule has 250 valence electrons. The number of rotatable bonds is 3. The van der Waals surface area contributed by atoms with Crippen LogP contribution in [0.2, 0.25) is 0 Å². The molecule has 8 saturated heterocycles. The van der Waals surface area contributed by atoms with Crippen molar-refractivity contribution in [2.24, 2.45) is 0 Å². The second kappa shape index (κ2) is 9.43. The molecule has 0 aliphatic carbocycles. The number of likely N-dealkylation sites (N-methyl/N-ethyl adjacent to an activating group) is 2. The number of nitrogens with zero attached hydrogens (tertiary/aromatic N) is 4. The Bertz CT molecular complexity index is 1780. The average Bonchev–Trinajstić information content (AvgIpc) is 3.68. The summed E-state index contributed by atoms with van der Waals surface area (Å²) < 4.78 is 0. The summed E-state index contributed by atoms with van der Waals surface area (Å²) in [6.07, 6.45) is -1.11. The van der Waals surface area contributed by atoms with E-state index in [4.69, 9.17) is 0 Å². The fourth-order valence-corrected chi connectivity index (χ4v) is 21.7. The summed E-state index contributed by atoms with van der Waals surface area (Å²) >= 11 is 0. The van der Waals surface area contributed by atoms with Crippen molar-refractivity contribution in [2.75, 3.05) is 37.9 Å². The smallest absolute Gasteiger partial charge is 0.265 e. The maximum absolute atomic E-state index is 14.9. The van der Waals surface area contributed by atoms with Crippen molar-refractivity contribution in [3.63, 3.8) is 0 Å². The SMILES string of the molecule is CN1C(=O)[C@@]23CC4([C@]56C[C@@]78SSS[C@@](CO)(C(=O)N7[C@H]5Nc5ccccc56)N(C)C8=O)c5ccccc5N[C@@H]4N2C(=O)[C@]1(CO)SSS3. The molecular formula is C30H28N6O6S6. The highest BCUT2D eigenvalue weighted by Gasteiger charge is 2.86. The lowest BCUT2D eigenvalue weighted by atomic mass is 9.54. The van der Waals surface area contributed by atoms with E-state index in [1.165, 1.54) is 72.6 Å². The Hall–Kier alpha value is -2.06. The van der Waals surface area contributed by atoms with Gasteiger partial charge in [-0.25, -0.2) is 0 Å². The Balaban J connectivity index is 1.30. The normalized spacial score (nSPS) is 42.9. The number of anilines is 2. The molecule has 0 radical (unpaired) electrons. The zero-order chi connectivity index (χ0) is 33.2. The minimum Gasteiger partial charge on any atom is -0.392 e. The molecule has 4 amide bonds. The third-order valence-electron chi connectivity index (χ3n) is 12.0. The molecule has 8 atom stereocenters. The molecule has 0 saturated carbocycles. The van der Waals surface area contributed by atoms with Crippen molar-refractivity contribution in [3.8, 4) is 0 Å². The first-order valence-corrected chi connectivity index (χ1v) is 22.3. The van der Waals surface area contributed by atoms with Crippen molar-refractivity contribution in [2.45, 2.75) is 55.5 Å². The maximum atomic E-state index is 14.9. The van der Waals surface area contributed by atoms with Crippen LogP contribution in [0.15, 0.2) is 48.5 Å². The van der Waals surface area contributed by atoms with Gasteiger partial charge in [-0.15, -0.1) is 0 Å². The molecule has 10 heterocycles. The van der Waals surface area contributed by atoms with Crippen molar-refractivity contribution < 1.29 is 29.4 Å². The number of carbonyl (C=O) groups excluding carboxylic acids is 4. The predicted molar refractivity (Wildman–Crippen MR) is 190 cm³/mol. The lowest BCUT2D eigenvalue weighted by Crippen LogP contribution is -2.74. The zero-order valence-electron chi connectivity index (χ0n) is 25.4. The van der Waals surface area contributed by atoms with E-state index < -0.39 is 55.9 Å². The molecule has 1 unspecified atom stereocenters. The number of aliphatic hydroxyl groups is 2. The zero-order valence-corrected chi connectivity index (χ0v) is 30.3. The fourth-order valence-electron chi connectivity index (χ4n) is 9.90. The van der Waals surface area contributed by atoms with Crippen molar-refractivity contribution in [3.05, 3.63) is 59.7 Å². The number of hydrogen-bond donors (Lipinski definition) is 4. The number of carbonyl (C=O) groups is 4. The molecule has 48 heavy (non-hydrogen) atoms. The van der Waals surface area contributed by atoms with Gasteiger partial charge in [0.1, 0.15) is 12.3 Å². The van der Waals surface area contributed by atoms with E-state index in [1.54, 1.807) is 23.9 Å². The fraction of sp³-hybridized carbons (Fsp3) is 0.467. The second-order valence-electron chi connectivity index (χ2n) is 13.5. The summed E-state index contributed by atoms with van der Waals surface area (Å²) in [5, 5.41) is 28.9. The summed E-state index contributed by atoms with van der Waals surface area (Å²) in [4.78, 5) is 59.9. The number of fused-ring (bicyclic) bond motifs is 13. The van der Waals surface area contributed by atoms with Crippen molar-refractivity contribution in [1.29, 1.82) is 0 Å². The van der Waals surface area contributed by atoms with Crippen LogP contribution in [-0.2, 0) is 30.0 Å². The first-order valence-electron chi connectivity index (χ1n) is 15.3. The van der Waals surface area contributed by atoms with Gasteiger partial charge in [0.2, 0.25) is 9.74 Å². The first-order chi connectivity index (χ1) is 23.1. The van der Waals surface area contributed by atoms with Gasteiger partial charge in [0.25, 0.3) is 23.6 Å². The highest BCUT2D eigenvalue weighted by Crippen LogP contribution is 2.78. The van der Waals surface area contributed by atoms with Gasteiger partial charge in [-0.3, -0.25) is 29.0 Å². The summed E-state index contributed by atoms with van der Waals surface area (Å²) in [6, 6.07) is 15.8. The van der Waals surface area contributed by atoms with Gasteiger partial charge in [-0.05, 0) is 86.1 Å². The molecule has 0 aromatic heterocycles. The molecule has 8 fully saturated rings. The van der Waals surface area contributed by atoms with Crippen LogP contribution in [0.1, 0.15) is 24.0 Å². The van der Waals surface area contributed by atoms with Gasteiger partial charge >= 0.3 is 0 Å². The lowest BCUT2D eigenvalue weighted by molar-refractivity contribution is -0.165. The summed E-state index contributed by atoms with van der Waals surface area (Å²) in [5.74, 6) is -1.24. The molecule has 4 bridgehead atoms. The van der Waals surface area contributed by atoms with Crippen LogP contribution in [0, 0.1) is 0 Å². The minimum absolute atomic E-state index is 0.204. The predicted octanol–water partition coefficient (Wildman–Crippen LogP) is 2.63. The van der Waals surface area contributed by atoms with E-state index in [-0.39, 0.29) is 36.5 Å². The third-order valence-corrected chi connectivity index (χ3v) is 22.2. The Kier molecular flexibility index (Phi) is 6.04. The van der Waals surface area contributed by atoms with Crippen LogP contribution in [-0.4, -0.2) is 113 Å². The lowest BCUT2D eigenvalue weighted by Gasteiger charge is -2.51. The van der Waals surface area contributed by atoms with Gasteiger partial charge in [0, 0.05) is 38.3 Å². The van der Waals surface area contributed by atoms with E-state index in [0.29, 0.717) is 0 Å². The molecule has 18 heteroatoms. The minimum atomic E-state index is -1.52. The third kappa shape index (κ3) is 2.91. The molecule has 2 aromatic carbocycles. The average molecular weight is 761 g/mol. The number of aliphatic hydroxyl groups excluding tert-OH is 2. The number of amides is 4. The van der Waals surface area contributed by atoms with Crippen LogP contribution in [0.4, 0.5) is 11.4 Å². The number of para-hydroxylation sites is 2. The Morgan fingerprint density at radius 3 is 1.44 bits per heavy atom. The van der Waals surface area contributed by atoms with Crippen LogP contribution in [0.25, 0.3) is 0 Å². The largest absolute Gasteiger partial charge is 0.392 e. The van der Waals surface area contributed by atoms with Gasteiger partial charge < -0.3 is 30.6 Å². The Morgan fingerprint density at radius 1 is 0.646 bits per heavy atom. The monoisotopic (exact) mass is 760 g/mol. The van der Waals surface area contributed by atoms with Crippen molar-refractivity contribution >= 4 is 97.8 Å². The molecule has 2 aromatic rings. The van der Waals surface area contributed by atoms with Crippen LogP contribution in [0.5, 0.6) is 0 Å². The quantitative estimate of drug-likeness (QED) is 0.340. The molecule has 10 aliphatic heterocycles. The van der Waals surface area contributed by atoms with E-state index >= 15 is 0 Å². The Morgan fingerprint density at radius 2 is 1.04 bits per heavy atom. The highest BCUT2D eigenvalue weighted by atomic mass is 33.5. The number of piperazine rings is 2. The number of benzene rings is 2. The highest BCUT2D eigenvalue weighted by molar-refractivity contribution is 9.10. The summed E-state index contributed by atoms with van der Waals surface area (Å²) in [7, 11) is 11.0. The number of nitrogens with one attached hydrogen (secondary N) is 2. The van der Waals surface area contributed by atoms with Gasteiger partial charge in [0.15, 0.2) is 9.74 Å². The maximum Gasteiger partial charge on any atom is 0.265 e. The standard InChI is InChI=1S/C30H28N6O6S6/c1-33-21(39)27-11-25(15-7-3-5-9-17(15)31-19(25)35(27)23(41)29(33,13-37)45-47-43-27)26-12-28-22(40)34(2)30(14-38,46-48-44-28)24(42)36(28)20(26)32-18-10-6-4-8-16(18)26/h3-10,19-20,31-32,37-38H,11-14H2,1-2H3/t19-,20-,25+,26?,27+,28+,29+,30+/m1/s1. The first kappa shape index (κ1) is 30.7. The van der Waals surface area contributed by atoms with E-state index in [2.05, 4.69) is 10.6 Å². The van der Waals surface area contributed by atoms with E-state index in [0.717, 1.165) is 22.5 Å². The summed E-state index contributed by atoms with van der Waals surface area (Å²) in [6.45, 7) is -1.10. The molecule has 12 rings (SSSR count). The molecular weight excluding hydrogens is 733 g/mol. The molecule has 10 aliphatic rings. The van der Waals surface area contributed by atoms with Crippen molar-refractivity contribution in [1.82, 2.24) is 19.6 Å². The van der Waals surface area contributed by atoms with E-state index in [1.807, 2.05) is 48.5 Å². The van der Waals surface area contributed by atoms with Crippen LogP contribution >= 0.6 is 62.8 Å².